The maximum Gasteiger partial charge on any atom is 0.488 e. The van der Waals surface area contributed by atoms with Crippen LogP contribution >= 0.6 is 8.25 Å². The smallest absolute Gasteiger partial charge is 0.488 e. The van der Waals surface area contributed by atoms with E-state index in [2.05, 4.69) is 4.52 Å². The maximum absolute atomic E-state index is 9.58. The Hall–Kier alpha value is -0.530. The fraction of sp³-hybridized carbons (Fsp3) is 0.667. The number of hydrogen-bond donors (Lipinski definition) is 1. The van der Waals surface area contributed by atoms with Gasteiger partial charge >= 0.3 is 8.25 Å². The molecule has 0 aromatic rings. The van der Waals surface area contributed by atoms with E-state index in [4.69, 9.17) is 5.26 Å². The first kappa shape index (κ1) is 11.3. The van der Waals surface area contributed by atoms with Crippen molar-refractivity contribution in [3.63, 3.8) is 0 Å². The van der Waals surface area contributed by atoms with Gasteiger partial charge in [0, 0.05) is 0 Å². The molecule has 0 amide bonds. The molecule has 5 nitrogen and oxygen atoms in total. The van der Waals surface area contributed by atoms with Gasteiger partial charge in [0.05, 0.1) is 12.5 Å². The van der Waals surface area contributed by atoms with E-state index in [0.717, 1.165) is 0 Å². The fourth-order valence-corrected chi connectivity index (χ4v) is 0.406. The lowest BCUT2D eigenvalue weighted by Crippen LogP contribution is -1.92. The van der Waals surface area contributed by atoms with Gasteiger partial charge in [0.1, 0.15) is 6.61 Å². The normalized spacial score (nSPS) is 9.11. The Labute approximate surface area is 53.8 Å². The summed E-state index contributed by atoms with van der Waals surface area (Å²) in [5.74, 6) is 0. The predicted octanol–water partition coefficient (Wildman–Crippen LogP) is 0.311. The van der Waals surface area contributed by atoms with E-state index in [1.54, 1.807) is 6.07 Å². The van der Waals surface area contributed by atoms with Gasteiger partial charge < -0.3 is 11.0 Å². The lowest BCUT2D eigenvalue weighted by Gasteiger charge is -1.82. The third-order valence-electron chi connectivity index (χ3n) is 0.411. The third kappa shape index (κ3) is 11.2. The lowest BCUT2D eigenvalue weighted by atomic mass is 10.5. The van der Waals surface area contributed by atoms with Gasteiger partial charge in [0.15, 0.2) is 0 Å². The van der Waals surface area contributed by atoms with Gasteiger partial charge in [0.2, 0.25) is 0 Å². The van der Waals surface area contributed by atoms with Crippen LogP contribution < -0.4 is 11.0 Å². The van der Waals surface area contributed by atoms with E-state index >= 15 is 0 Å². The summed E-state index contributed by atoms with van der Waals surface area (Å²) in [6.45, 7) is -0.0325. The van der Waals surface area contributed by atoms with Crippen LogP contribution in [0.1, 0.15) is 6.42 Å². The first-order valence-corrected chi connectivity index (χ1v) is 3.01. The molecule has 0 aliphatic heterocycles. The van der Waals surface area contributed by atoms with Gasteiger partial charge in [-0.2, -0.15) is 5.26 Å². The van der Waals surface area contributed by atoms with Crippen molar-refractivity contribution in [1.82, 2.24) is 6.15 Å². The first-order valence-electron chi connectivity index (χ1n) is 1.91. The summed E-state index contributed by atoms with van der Waals surface area (Å²) < 4.78 is 13.6. The Balaban J connectivity index is 0. The molecule has 1 unspecified atom stereocenters. The Morgan fingerprint density at radius 2 is 2.33 bits per heavy atom. The number of quaternary nitrogens is 1. The van der Waals surface area contributed by atoms with Crippen molar-refractivity contribution in [3.8, 4) is 6.07 Å². The minimum absolute atomic E-state index is 0. The summed E-state index contributed by atoms with van der Waals surface area (Å²) in [5, 5.41) is 7.85. The topological polar surface area (TPSA) is 110 Å². The molecule has 0 aromatic heterocycles. The molecular weight excluding hydrogens is 143 g/mol. The minimum atomic E-state index is -2.76. The maximum atomic E-state index is 9.58. The Morgan fingerprint density at radius 3 is 2.67 bits per heavy atom. The van der Waals surface area contributed by atoms with Crippen LogP contribution in [0.3, 0.4) is 0 Å². The Morgan fingerprint density at radius 1 is 1.78 bits per heavy atom. The van der Waals surface area contributed by atoms with Gasteiger partial charge in [-0.25, -0.2) is 0 Å². The summed E-state index contributed by atoms with van der Waals surface area (Å²) in [6, 6.07) is 1.73. The Kier molecular flexibility index (Phi) is 9.37. The predicted molar refractivity (Wildman–Crippen MR) is 29.8 cm³/mol. The molecule has 0 radical (unpaired) electrons. The molecule has 0 spiro atoms. The zero-order chi connectivity index (χ0) is 6.41. The highest BCUT2D eigenvalue weighted by molar-refractivity contribution is 7.30. The Bertz CT molecular complexity index is 121. The minimum Gasteiger partial charge on any atom is -0.566 e. The van der Waals surface area contributed by atoms with Gasteiger partial charge in [0.25, 0.3) is 0 Å². The summed E-state index contributed by atoms with van der Waals surface area (Å²) in [4.78, 5) is 9.58. The van der Waals surface area contributed by atoms with Crippen molar-refractivity contribution in [2.45, 2.75) is 6.42 Å². The van der Waals surface area contributed by atoms with Gasteiger partial charge in [-0.3, -0.25) is 0 Å². The molecule has 4 N–H and O–H groups in total. The van der Waals surface area contributed by atoms with Crippen LogP contribution in [0.5, 0.6) is 0 Å². The second-order valence-electron chi connectivity index (χ2n) is 0.965. The van der Waals surface area contributed by atoms with Crippen LogP contribution in [0.4, 0.5) is 0 Å². The molecule has 6 heteroatoms. The van der Waals surface area contributed by atoms with Crippen LogP contribution in [-0.2, 0) is 9.09 Å². The standard InChI is InChI=1S/C3H4NO3P.H3N/c4-2-1-3-7-8(5)6;/h1,3H2;1H3/p+1. The molecule has 0 heterocycles. The molecule has 0 bridgehead atoms. The van der Waals surface area contributed by atoms with E-state index in [0.29, 0.717) is 0 Å². The highest BCUT2D eigenvalue weighted by Crippen LogP contribution is 2.07. The largest absolute Gasteiger partial charge is 0.566 e. The third-order valence-corrected chi connectivity index (χ3v) is 0.804. The number of nitriles is 1. The summed E-state index contributed by atoms with van der Waals surface area (Å²) in [6.07, 6.45) is 0.114. The van der Waals surface area contributed by atoms with Gasteiger partial charge in [-0.1, -0.05) is 0 Å². The highest BCUT2D eigenvalue weighted by atomic mass is 31.1. The zero-order valence-electron chi connectivity index (χ0n) is 5.03. The van der Waals surface area contributed by atoms with Crippen LogP contribution in [0.15, 0.2) is 0 Å². The average Bonchev–Trinajstić information content (AvgIpc) is 1.66. The molecule has 9 heavy (non-hydrogen) atoms. The summed E-state index contributed by atoms with van der Waals surface area (Å²) in [7, 11) is -2.76. The first-order chi connectivity index (χ1) is 3.77. The molecule has 0 saturated carbocycles. The number of hydrogen-bond acceptors (Lipinski definition) is 4. The molecule has 1 atom stereocenters. The molecule has 0 fully saturated rings. The lowest BCUT2D eigenvalue weighted by molar-refractivity contribution is -0.185. The fourth-order valence-electron chi connectivity index (χ4n) is 0.166. The molecule has 0 aromatic carbocycles. The average molecular weight is 151 g/mol. The number of nitrogens with zero attached hydrogens (tertiary/aromatic N) is 1. The molecule has 0 aliphatic carbocycles. The van der Waals surface area contributed by atoms with E-state index in [-0.39, 0.29) is 19.2 Å². The van der Waals surface area contributed by atoms with Crippen molar-refractivity contribution in [2.75, 3.05) is 6.61 Å². The highest BCUT2D eigenvalue weighted by Gasteiger charge is 1.97. The quantitative estimate of drug-likeness (QED) is 0.462. The number of rotatable bonds is 3. The van der Waals surface area contributed by atoms with Crippen molar-refractivity contribution in [3.05, 3.63) is 0 Å². The second-order valence-corrected chi connectivity index (χ2v) is 1.67. The van der Waals surface area contributed by atoms with E-state index in [1.165, 1.54) is 0 Å². The van der Waals surface area contributed by atoms with E-state index in [1.807, 2.05) is 0 Å². The van der Waals surface area contributed by atoms with E-state index in [9.17, 15) is 9.46 Å². The van der Waals surface area contributed by atoms with Crippen molar-refractivity contribution in [2.24, 2.45) is 0 Å². The monoisotopic (exact) mass is 151 g/mol. The molecule has 0 aliphatic rings. The van der Waals surface area contributed by atoms with Gasteiger partial charge in [-0.15, -0.1) is 4.52 Å². The zero-order valence-corrected chi connectivity index (χ0v) is 5.93. The SMILES string of the molecule is N#CCCO[P+](=O)[O-].[NH4+]. The molecule has 52 valence electrons. The van der Waals surface area contributed by atoms with Crippen LogP contribution in [0, 0.1) is 11.3 Å². The van der Waals surface area contributed by atoms with Crippen LogP contribution in [0.25, 0.3) is 0 Å². The van der Waals surface area contributed by atoms with Crippen LogP contribution in [0.2, 0.25) is 0 Å². The van der Waals surface area contributed by atoms with Crippen LogP contribution in [-0.4, -0.2) is 6.61 Å². The van der Waals surface area contributed by atoms with Crippen molar-refractivity contribution >= 4 is 8.25 Å². The molecule has 0 rings (SSSR count). The van der Waals surface area contributed by atoms with Gasteiger partial charge in [-0.05, 0) is 4.57 Å². The van der Waals surface area contributed by atoms with Crippen molar-refractivity contribution in [1.29, 1.82) is 5.26 Å². The second kappa shape index (κ2) is 7.47. The summed E-state index contributed by atoms with van der Waals surface area (Å²) >= 11 is 0. The summed E-state index contributed by atoms with van der Waals surface area (Å²) in [5.41, 5.74) is 0. The van der Waals surface area contributed by atoms with E-state index < -0.39 is 8.25 Å². The molecular formula is C3H8N2O3P+. The van der Waals surface area contributed by atoms with Crippen molar-refractivity contribution < 1.29 is 14.0 Å². The molecule has 0 saturated heterocycles.